The summed E-state index contributed by atoms with van der Waals surface area (Å²) in [4.78, 5) is 32.6. The Morgan fingerprint density at radius 3 is 2.47 bits per heavy atom. The first-order chi connectivity index (χ1) is 22.7. The molecule has 7 nitrogen and oxygen atoms in total. The number of aromatic nitrogens is 1. The number of fused-ring (bicyclic) bond motifs is 1. The summed E-state index contributed by atoms with van der Waals surface area (Å²) in [5.74, 6) is 0.455. The lowest BCUT2D eigenvalue weighted by Crippen LogP contribution is -2.39. The Morgan fingerprint density at radius 2 is 1.81 bits per heavy atom. The average molecular weight is 655 g/mol. The molecule has 0 fully saturated rings. The molecule has 1 aliphatic heterocycles. The van der Waals surface area contributed by atoms with Gasteiger partial charge in [-0.05, 0) is 74.1 Å². The standard InChI is InChI=1S/C38H39FN2O5S/c1-7-12-28-19-25(20-31(44-8-2)35(28)46-22-29-13-10-11-14-30(29)39)21-32-36(42)41-34(27-17-15-26(16-18-27)23(4)5)33(37(43)45-9-3)24(6)40-38(41)47-32/h7,10-11,13-21,23,34H,1,8-9,12,22H2,2-6H3/b32-21+/t34-/m1/s1. The first-order valence-corrected chi connectivity index (χ1v) is 16.5. The highest BCUT2D eigenvalue weighted by Crippen LogP contribution is 2.35. The highest BCUT2D eigenvalue weighted by Gasteiger charge is 2.33. The van der Waals surface area contributed by atoms with E-state index in [0.717, 1.165) is 16.7 Å². The molecular formula is C38H39FN2O5S. The zero-order valence-corrected chi connectivity index (χ0v) is 28.2. The first-order valence-electron chi connectivity index (χ1n) is 15.7. The second-order valence-electron chi connectivity index (χ2n) is 11.4. The number of nitrogens with zero attached hydrogens (tertiary/aromatic N) is 2. The van der Waals surface area contributed by atoms with Gasteiger partial charge in [0.05, 0.1) is 35.1 Å². The van der Waals surface area contributed by atoms with Crippen molar-refractivity contribution in [2.24, 2.45) is 4.99 Å². The molecule has 1 aliphatic rings. The molecule has 1 aromatic heterocycles. The van der Waals surface area contributed by atoms with Crippen LogP contribution in [0, 0.1) is 5.82 Å². The molecule has 1 atom stereocenters. The van der Waals surface area contributed by atoms with E-state index in [2.05, 4.69) is 20.4 Å². The SMILES string of the molecule is C=CCc1cc(/C=c2/sc3n(c2=O)[C@H](c2ccc(C(C)C)cc2)C(C(=O)OCC)=C(C)N=3)cc(OCC)c1OCc1ccccc1F. The van der Waals surface area contributed by atoms with Crippen LogP contribution in [-0.2, 0) is 22.6 Å². The number of halogens is 1. The fourth-order valence-electron chi connectivity index (χ4n) is 5.59. The number of allylic oxidation sites excluding steroid dienone is 2. The van der Waals surface area contributed by atoms with Gasteiger partial charge in [0.25, 0.3) is 5.56 Å². The van der Waals surface area contributed by atoms with Gasteiger partial charge >= 0.3 is 5.97 Å². The molecule has 0 aliphatic carbocycles. The van der Waals surface area contributed by atoms with E-state index >= 15 is 0 Å². The minimum absolute atomic E-state index is 0.0230. The molecule has 3 aromatic carbocycles. The van der Waals surface area contributed by atoms with Gasteiger partial charge in [-0.2, -0.15) is 0 Å². The molecular weight excluding hydrogens is 615 g/mol. The number of esters is 1. The van der Waals surface area contributed by atoms with Crippen LogP contribution in [0.2, 0.25) is 0 Å². The topological polar surface area (TPSA) is 79.1 Å². The van der Waals surface area contributed by atoms with Gasteiger partial charge in [-0.15, -0.1) is 6.58 Å². The third kappa shape index (κ3) is 7.15. The maximum Gasteiger partial charge on any atom is 0.338 e. The van der Waals surface area contributed by atoms with Crippen molar-refractivity contribution in [3.63, 3.8) is 0 Å². The van der Waals surface area contributed by atoms with Crippen molar-refractivity contribution in [3.05, 3.63) is 138 Å². The largest absolute Gasteiger partial charge is 0.490 e. The Bertz CT molecular complexity index is 2010. The van der Waals surface area contributed by atoms with Crippen LogP contribution in [0.5, 0.6) is 11.5 Å². The van der Waals surface area contributed by atoms with Gasteiger partial charge in [-0.25, -0.2) is 14.2 Å². The van der Waals surface area contributed by atoms with Crippen LogP contribution in [0.25, 0.3) is 6.08 Å². The van der Waals surface area contributed by atoms with Crippen LogP contribution in [0.15, 0.2) is 94.4 Å². The number of ether oxygens (including phenoxy) is 3. The Labute approximate surface area is 278 Å². The summed E-state index contributed by atoms with van der Waals surface area (Å²) < 4.78 is 33.9. The van der Waals surface area contributed by atoms with Crippen LogP contribution in [0.4, 0.5) is 4.39 Å². The van der Waals surface area contributed by atoms with Crippen molar-refractivity contribution >= 4 is 23.4 Å². The van der Waals surface area contributed by atoms with Gasteiger partial charge in [0, 0.05) is 11.1 Å². The summed E-state index contributed by atoms with van der Waals surface area (Å²) in [5, 5.41) is 0. The minimum atomic E-state index is -0.696. The zero-order chi connectivity index (χ0) is 33.7. The maximum absolute atomic E-state index is 14.3. The normalized spacial score (nSPS) is 14.5. The van der Waals surface area contributed by atoms with E-state index in [1.807, 2.05) is 43.3 Å². The lowest BCUT2D eigenvalue weighted by atomic mass is 9.93. The molecule has 0 amide bonds. The van der Waals surface area contributed by atoms with Crippen LogP contribution in [0.1, 0.15) is 74.4 Å². The number of hydrogen-bond donors (Lipinski definition) is 0. The minimum Gasteiger partial charge on any atom is -0.490 e. The molecule has 47 heavy (non-hydrogen) atoms. The number of carbonyl (C=O) groups excluding carboxylic acids is 1. The summed E-state index contributed by atoms with van der Waals surface area (Å²) in [5.41, 5.74) is 4.45. The monoisotopic (exact) mass is 654 g/mol. The maximum atomic E-state index is 14.3. The van der Waals surface area contributed by atoms with E-state index in [4.69, 9.17) is 19.2 Å². The van der Waals surface area contributed by atoms with Crippen molar-refractivity contribution in [1.82, 2.24) is 4.57 Å². The van der Waals surface area contributed by atoms with Crippen molar-refractivity contribution < 1.29 is 23.4 Å². The van der Waals surface area contributed by atoms with Gasteiger partial charge in [-0.1, -0.05) is 73.7 Å². The second kappa shape index (κ2) is 14.8. The average Bonchev–Trinajstić information content (AvgIpc) is 3.34. The molecule has 0 N–H and O–H groups in total. The van der Waals surface area contributed by atoms with Crippen LogP contribution >= 0.6 is 11.3 Å². The quantitative estimate of drug-likeness (QED) is 0.125. The molecule has 0 saturated carbocycles. The van der Waals surface area contributed by atoms with Gasteiger partial charge in [0.1, 0.15) is 12.4 Å². The smallest absolute Gasteiger partial charge is 0.338 e. The third-order valence-corrected chi connectivity index (χ3v) is 8.86. The molecule has 2 heterocycles. The summed E-state index contributed by atoms with van der Waals surface area (Å²) >= 11 is 1.25. The van der Waals surface area contributed by atoms with Crippen LogP contribution in [-0.4, -0.2) is 23.8 Å². The first kappa shape index (κ1) is 33.6. The van der Waals surface area contributed by atoms with Gasteiger partial charge < -0.3 is 14.2 Å². The van der Waals surface area contributed by atoms with E-state index < -0.39 is 12.0 Å². The second-order valence-corrected chi connectivity index (χ2v) is 12.4. The molecule has 244 valence electrons. The van der Waals surface area contributed by atoms with Gasteiger partial charge in [0.15, 0.2) is 16.3 Å². The van der Waals surface area contributed by atoms with E-state index in [0.29, 0.717) is 62.2 Å². The fraction of sp³-hybridized carbons (Fsp3) is 0.289. The molecule has 0 saturated heterocycles. The molecule has 0 bridgehead atoms. The van der Waals surface area contributed by atoms with Gasteiger partial charge in [-0.3, -0.25) is 9.36 Å². The Hall–Kier alpha value is -4.76. The van der Waals surface area contributed by atoms with Gasteiger partial charge in [0.2, 0.25) is 0 Å². The predicted octanol–water partition coefficient (Wildman–Crippen LogP) is 6.77. The summed E-state index contributed by atoms with van der Waals surface area (Å²) in [6, 6.07) is 17.5. The molecule has 0 radical (unpaired) electrons. The zero-order valence-electron chi connectivity index (χ0n) is 27.3. The molecule has 0 spiro atoms. The lowest BCUT2D eigenvalue weighted by molar-refractivity contribution is -0.139. The van der Waals surface area contributed by atoms with Crippen LogP contribution in [0.3, 0.4) is 0 Å². The summed E-state index contributed by atoms with van der Waals surface area (Å²) in [6.45, 7) is 14.1. The van der Waals surface area contributed by atoms with Crippen molar-refractivity contribution in [2.75, 3.05) is 13.2 Å². The predicted molar refractivity (Wildman–Crippen MR) is 183 cm³/mol. The number of carbonyl (C=O) groups is 1. The Kier molecular flexibility index (Phi) is 10.6. The number of thiazole rings is 1. The molecule has 9 heteroatoms. The van der Waals surface area contributed by atoms with Crippen molar-refractivity contribution in [3.8, 4) is 11.5 Å². The Morgan fingerprint density at radius 1 is 1.06 bits per heavy atom. The van der Waals surface area contributed by atoms with Crippen molar-refractivity contribution in [2.45, 2.75) is 59.6 Å². The number of benzene rings is 3. The van der Waals surface area contributed by atoms with Crippen molar-refractivity contribution in [1.29, 1.82) is 0 Å². The molecule has 0 unspecified atom stereocenters. The fourth-order valence-corrected chi connectivity index (χ4v) is 6.63. The lowest BCUT2D eigenvalue weighted by Gasteiger charge is -2.25. The summed E-state index contributed by atoms with van der Waals surface area (Å²) in [6.07, 6.45) is 4.01. The van der Waals surface area contributed by atoms with Crippen LogP contribution < -0.4 is 24.4 Å². The third-order valence-electron chi connectivity index (χ3n) is 7.88. The number of rotatable bonds is 12. The van der Waals surface area contributed by atoms with E-state index in [1.165, 1.54) is 17.4 Å². The Balaban J connectivity index is 1.63. The molecule has 5 rings (SSSR count). The highest BCUT2D eigenvalue weighted by atomic mass is 32.1. The van der Waals surface area contributed by atoms with E-state index in [9.17, 15) is 14.0 Å². The van der Waals surface area contributed by atoms with E-state index in [-0.39, 0.29) is 24.6 Å². The molecule has 4 aromatic rings. The summed E-state index contributed by atoms with van der Waals surface area (Å²) in [7, 11) is 0. The number of hydrogen-bond acceptors (Lipinski definition) is 7. The highest BCUT2D eigenvalue weighted by molar-refractivity contribution is 7.07. The van der Waals surface area contributed by atoms with E-state index in [1.54, 1.807) is 48.8 Å².